The normalized spacial score (nSPS) is 12.4. The summed E-state index contributed by atoms with van der Waals surface area (Å²) in [5, 5.41) is 0.261. The molecule has 7 heteroatoms. The van der Waals surface area contributed by atoms with Crippen LogP contribution >= 0.6 is 11.6 Å². The molecular formula is C31H35ClF4O2. The summed E-state index contributed by atoms with van der Waals surface area (Å²) in [5.74, 6) is 0.352. The Kier molecular flexibility index (Phi) is 8.77. The van der Waals surface area contributed by atoms with Crippen LogP contribution < -0.4 is 9.47 Å². The van der Waals surface area contributed by atoms with Gasteiger partial charge in [-0.3, -0.25) is 0 Å². The summed E-state index contributed by atoms with van der Waals surface area (Å²) < 4.78 is 66.4. The molecule has 3 aromatic carbocycles. The van der Waals surface area contributed by atoms with Gasteiger partial charge in [-0.05, 0) is 59.2 Å². The quantitative estimate of drug-likeness (QED) is 0.260. The molecule has 0 aromatic heterocycles. The zero-order valence-corrected chi connectivity index (χ0v) is 23.9. The Hall–Kier alpha value is -2.73. The maximum Gasteiger partial charge on any atom is 0.416 e. The second kappa shape index (κ2) is 11.2. The van der Waals surface area contributed by atoms with Crippen molar-refractivity contribution in [2.24, 2.45) is 0 Å². The van der Waals surface area contributed by atoms with Crippen LogP contribution in [-0.2, 0) is 18.2 Å². The standard InChI is InChI=1S/C31H35ClF4O2/c1-17(2)22-13-14-25(30(6,7)20-9-11-21(12-10-20)31(34,35)36)19(5)28(22)38-16-24-26(32)15-23(18(3)4)29(37-8)27(24)33/h9-15,17-18H,16H2,1-8H3. The first kappa shape index (κ1) is 29.8. The fourth-order valence-electron chi connectivity index (χ4n) is 4.84. The molecule has 38 heavy (non-hydrogen) atoms. The van der Waals surface area contributed by atoms with E-state index in [9.17, 15) is 13.2 Å². The summed E-state index contributed by atoms with van der Waals surface area (Å²) in [6, 6.07) is 10.9. The SMILES string of the molecule is COc1c(C(C)C)cc(Cl)c(COc2c(C(C)C)ccc(C(C)(C)c3ccc(C(F)(F)F)cc3)c2C)c1F. The van der Waals surface area contributed by atoms with Crippen molar-refractivity contribution in [2.75, 3.05) is 7.11 Å². The number of methoxy groups -OCH3 is 1. The minimum atomic E-state index is -4.40. The fraction of sp³-hybridized carbons (Fsp3) is 0.419. The molecule has 0 aliphatic heterocycles. The third kappa shape index (κ3) is 5.80. The number of halogens is 5. The third-order valence-corrected chi connectivity index (χ3v) is 7.49. The van der Waals surface area contributed by atoms with Crippen LogP contribution in [-0.4, -0.2) is 7.11 Å². The molecule has 206 valence electrons. The first-order valence-electron chi connectivity index (χ1n) is 12.6. The van der Waals surface area contributed by atoms with Gasteiger partial charge in [0.2, 0.25) is 0 Å². The van der Waals surface area contributed by atoms with Gasteiger partial charge < -0.3 is 9.47 Å². The van der Waals surface area contributed by atoms with Crippen LogP contribution in [0.5, 0.6) is 11.5 Å². The van der Waals surface area contributed by atoms with Crippen LogP contribution in [0, 0.1) is 12.7 Å². The molecule has 0 saturated heterocycles. The van der Waals surface area contributed by atoms with Gasteiger partial charge >= 0.3 is 6.18 Å². The van der Waals surface area contributed by atoms with Crippen molar-refractivity contribution in [1.82, 2.24) is 0 Å². The Morgan fingerprint density at radius 3 is 1.89 bits per heavy atom. The lowest BCUT2D eigenvalue weighted by Gasteiger charge is -2.30. The highest BCUT2D eigenvalue weighted by Gasteiger charge is 2.32. The van der Waals surface area contributed by atoms with E-state index >= 15 is 4.39 Å². The molecule has 0 unspecified atom stereocenters. The van der Waals surface area contributed by atoms with Crippen LogP contribution in [0.15, 0.2) is 42.5 Å². The highest BCUT2D eigenvalue weighted by Crippen LogP contribution is 2.42. The van der Waals surface area contributed by atoms with E-state index < -0.39 is 23.0 Å². The molecule has 3 rings (SSSR count). The topological polar surface area (TPSA) is 18.5 Å². The molecule has 0 amide bonds. The summed E-state index contributed by atoms with van der Waals surface area (Å²) in [6.45, 7) is 13.7. The fourth-order valence-corrected chi connectivity index (χ4v) is 5.09. The largest absolute Gasteiger partial charge is 0.493 e. The highest BCUT2D eigenvalue weighted by atomic mass is 35.5. The van der Waals surface area contributed by atoms with Gasteiger partial charge in [0.05, 0.1) is 17.7 Å². The van der Waals surface area contributed by atoms with Gasteiger partial charge in [0.25, 0.3) is 0 Å². The van der Waals surface area contributed by atoms with E-state index in [0.29, 0.717) is 11.3 Å². The monoisotopic (exact) mass is 550 g/mol. The summed E-state index contributed by atoms with van der Waals surface area (Å²) in [6.07, 6.45) is -4.40. The average molecular weight is 551 g/mol. The van der Waals surface area contributed by atoms with E-state index in [4.69, 9.17) is 21.1 Å². The third-order valence-electron chi connectivity index (χ3n) is 7.15. The maximum atomic E-state index is 15.5. The minimum absolute atomic E-state index is 0.0193. The van der Waals surface area contributed by atoms with Crippen LogP contribution in [0.3, 0.4) is 0 Å². The Balaban J connectivity index is 2.05. The van der Waals surface area contributed by atoms with E-state index in [1.807, 2.05) is 60.6 Å². The minimum Gasteiger partial charge on any atom is -0.493 e. The van der Waals surface area contributed by atoms with E-state index in [1.54, 1.807) is 6.07 Å². The molecule has 0 N–H and O–H groups in total. The summed E-state index contributed by atoms with van der Waals surface area (Å²) >= 11 is 6.49. The van der Waals surface area contributed by atoms with Crippen LogP contribution in [0.1, 0.15) is 92.3 Å². The number of rotatable bonds is 8. The van der Waals surface area contributed by atoms with Gasteiger partial charge in [-0.25, -0.2) is 4.39 Å². The van der Waals surface area contributed by atoms with Crippen molar-refractivity contribution in [3.8, 4) is 11.5 Å². The Morgan fingerprint density at radius 1 is 0.842 bits per heavy atom. The van der Waals surface area contributed by atoms with Crippen molar-refractivity contribution in [1.29, 1.82) is 0 Å². The molecule has 0 bridgehead atoms. The Morgan fingerprint density at radius 2 is 1.39 bits per heavy atom. The Bertz CT molecular complexity index is 1290. The molecule has 0 spiro atoms. The molecule has 0 fully saturated rings. The number of ether oxygens (including phenoxy) is 2. The zero-order valence-electron chi connectivity index (χ0n) is 23.1. The smallest absolute Gasteiger partial charge is 0.416 e. The summed E-state index contributed by atoms with van der Waals surface area (Å²) in [5.41, 5.74) is 2.99. The second-order valence-electron chi connectivity index (χ2n) is 10.7. The number of benzene rings is 3. The van der Waals surface area contributed by atoms with E-state index in [-0.39, 0.29) is 34.8 Å². The zero-order chi connectivity index (χ0) is 28.6. The lowest BCUT2D eigenvalue weighted by atomic mass is 9.75. The van der Waals surface area contributed by atoms with E-state index in [0.717, 1.165) is 34.4 Å². The first-order chi connectivity index (χ1) is 17.6. The second-order valence-corrected chi connectivity index (χ2v) is 11.1. The highest BCUT2D eigenvalue weighted by molar-refractivity contribution is 6.31. The molecule has 3 aromatic rings. The van der Waals surface area contributed by atoms with Gasteiger partial charge in [0.1, 0.15) is 12.4 Å². The number of hydrogen-bond donors (Lipinski definition) is 0. The molecule has 0 aliphatic rings. The molecule has 2 nitrogen and oxygen atoms in total. The lowest BCUT2D eigenvalue weighted by Crippen LogP contribution is -2.21. The van der Waals surface area contributed by atoms with Gasteiger partial charge in [-0.15, -0.1) is 0 Å². The molecular weight excluding hydrogens is 516 g/mol. The van der Waals surface area contributed by atoms with Crippen molar-refractivity contribution >= 4 is 11.6 Å². The van der Waals surface area contributed by atoms with Crippen molar-refractivity contribution in [3.05, 3.63) is 92.2 Å². The molecule has 0 heterocycles. The lowest BCUT2D eigenvalue weighted by molar-refractivity contribution is -0.137. The van der Waals surface area contributed by atoms with Crippen LogP contribution in [0.2, 0.25) is 5.02 Å². The van der Waals surface area contributed by atoms with Crippen molar-refractivity contribution in [2.45, 2.75) is 78.5 Å². The van der Waals surface area contributed by atoms with E-state index in [1.165, 1.54) is 19.2 Å². The molecule has 0 saturated carbocycles. The van der Waals surface area contributed by atoms with E-state index in [2.05, 4.69) is 0 Å². The summed E-state index contributed by atoms with van der Waals surface area (Å²) in [4.78, 5) is 0. The summed E-state index contributed by atoms with van der Waals surface area (Å²) in [7, 11) is 1.43. The van der Waals surface area contributed by atoms with Gasteiger partial charge in [0.15, 0.2) is 11.6 Å². The predicted octanol–water partition coefficient (Wildman–Crippen LogP) is 9.97. The van der Waals surface area contributed by atoms with Crippen molar-refractivity contribution in [3.63, 3.8) is 0 Å². The number of hydrogen-bond acceptors (Lipinski definition) is 2. The number of alkyl halides is 3. The first-order valence-corrected chi connectivity index (χ1v) is 13.0. The Labute approximate surface area is 227 Å². The van der Waals surface area contributed by atoms with Gasteiger partial charge in [-0.1, -0.05) is 77.4 Å². The van der Waals surface area contributed by atoms with Crippen LogP contribution in [0.4, 0.5) is 17.6 Å². The average Bonchev–Trinajstić information content (AvgIpc) is 2.83. The molecule has 0 aliphatic carbocycles. The van der Waals surface area contributed by atoms with Crippen molar-refractivity contribution < 1.29 is 27.0 Å². The molecule has 0 radical (unpaired) electrons. The van der Waals surface area contributed by atoms with Gasteiger partial charge in [0, 0.05) is 16.5 Å². The predicted molar refractivity (Wildman–Crippen MR) is 145 cm³/mol. The van der Waals surface area contributed by atoms with Gasteiger partial charge in [-0.2, -0.15) is 13.2 Å². The molecule has 0 atom stereocenters. The maximum absolute atomic E-state index is 15.5. The van der Waals surface area contributed by atoms with Crippen LogP contribution in [0.25, 0.3) is 0 Å².